The molecule has 1 amide bonds. The maximum atomic E-state index is 12.4. The summed E-state index contributed by atoms with van der Waals surface area (Å²) in [6.45, 7) is 12.0. The number of aromatic amines is 1. The Hall–Kier alpha value is -3.07. The van der Waals surface area contributed by atoms with Crippen molar-refractivity contribution in [1.29, 1.82) is 0 Å². The van der Waals surface area contributed by atoms with E-state index in [0.29, 0.717) is 32.1 Å². The number of likely N-dealkylation sites (tertiary alicyclic amines) is 1. The van der Waals surface area contributed by atoms with E-state index in [1.165, 1.54) is 0 Å². The fourth-order valence-corrected chi connectivity index (χ4v) is 4.49. The fourth-order valence-electron chi connectivity index (χ4n) is 4.49. The Morgan fingerprint density at radius 3 is 2.60 bits per heavy atom. The molecule has 0 unspecified atom stereocenters. The number of pyridine rings is 1. The number of hydrogen-bond donors (Lipinski definition) is 2. The number of imidazole rings is 1. The number of amides is 1. The summed E-state index contributed by atoms with van der Waals surface area (Å²) < 4.78 is 17.6. The number of benzene rings is 1. The topological polar surface area (TPSA) is 116 Å². The second kappa shape index (κ2) is 10.3. The third-order valence-electron chi connectivity index (χ3n) is 6.06. The maximum absolute atomic E-state index is 12.4. The Morgan fingerprint density at radius 2 is 1.94 bits per heavy atom. The number of piperidine rings is 1. The fraction of sp³-hybridized carbons (Fsp3) is 0.577. The van der Waals surface area contributed by atoms with E-state index in [9.17, 15) is 4.79 Å². The number of aryl methyl sites for hydroxylation is 1. The van der Waals surface area contributed by atoms with Gasteiger partial charge in [-0.05, 0) is 46.2 Å². The van der Waals surface area contributed by atoms with Crippen molar-refractivity contribution in [3.63, 3.8) is 0 Å². The third-order valence-corrected chi connectivity index (χ3v) is 6.06. The van der Waals surface area contributed by atoms with Crippen LogP contribution in [-0.4, -0.2) is 57.3 Å². The molecule has 0 saturated carbocycles. The number of nitrogen functional groups attached to an aromatic ring is 1. The van der Waals surface area contributed by atoms with Gasteiger partial charge in [-0.15, -0.1) is 0 Å². The molecule has 1 aliphatic heterocycles. The number of carbonyl (C=O) groups excluding carboxylic acids is 1. The molecule has 0 spiro atoms. The van der Waals surface area contributed by atoms with Crippen LogP contribution >= 0.6 is 0 Å². The van der Waals surface area contributed by atoms with E-state index in [1.54, 1.807) is 4.90 Å². The second-order valence-electron chi connectivity index (χ2n) is 10.0. The maximum Gasteiger partial charge on any atom is 0.410 e. The summed E-state index contributed by atoms with van der Waals surface area (Å²) in [7, 11) is 0. The Morgan fingerprint density at radius 1 is 1.20 bits per heavy atom. The second-order valence-corrected chi connectivity index (χ2v) is 10.0. The van der Waals surface area contributed by atoms with Gasteiger partial charge < -0.3 is 29.8 Å². The van der Waals surface area contributed by atoms with Crippen molar-refractivity contribution in [1.82, 2.24) is 19.9 Å². The largest absolute Gasteiger partial charge is 0.490 e. The molecule has 1 saturated heterocycles. The zero-order valence-corrected chi connectivity index (χ0v) is 21.4. The molecule has 3 aromatic rings. The summed E-state index contributed by atoms with van der Waals surface area (Å²) in [6.07, 6.45) is 3.04. The summed E-state index contributed by atoms with van der Waals surface area (Å²) >= 11 is 0. The third kappa shape index (κ3) is 5.61. The number of anilines is 1. The van der Waals surface area contributed by atoms with Gasteiger partial charge in [0.15, 0.2) is 0 Å². The Balaban J connectivity index is 1.60. The number of nitrogens with one attached hydrogen (secondary N) is 1. The Bertz CT molecular complexity index is 1190. The molecular formula is C26H37N5O4. The van der Waals surface area contributed by atoms with Crippen molar-refractivity contribution in [2.24, 2.45) is 0 Å². The van der Waals surface area contributed by atoms with Crippen LogP contribution in [0.15, 0.2) is 12.1 Å². The first-order valence-corrected chi connectivity index (χ1v) is 12.5. The van der Waals surface area contributed by atoms with Crippen LogP contribution in [0.25, 0.3) is 21.9 Å². The lowest BCUT2D eigenvalue weighted by Gasteiger charge is -2.33. The standard InChI is InChI=1S/C26H37N5O4/c1-6-8-17-19(34-16-11-13-31(14-12-16)25(32)35-26(3,4)5)10-9-18-21(17)22-23(24(27)28-18)30-20(29-22)15-33-7-2/h9-10,16H,6-8,11-15H2,1-5H3,(H2,27,28)(H,29,30). The van der Waals surface area contributed by atoms with Gasteiger partial charge in [0, 0.05) is 43.5 Å². The molecule has 0 atom stereocenters. The average Bonchev–Trinajstić information content (AvgIpc) is 3.23. The van der Waals surface area contributed by atoms with E-state index in [1.807, 2.05) is 39.8 Å². The van der Waals surface area contributed by atoms with Crippen LogP contribution in [0.4, 0.5) is 10.6 Å². The van der Waals surface area contributed by atoms with Crippen LogP contribution in [0, 0.1) is 0 Å². The summed E-state index contributed by atoms with van der Waals surface area (Å²) in [5, 5.41) is 0.971. The molecule has 1 aliphatic rings. The van der Waals surface area contributed by atoms with Gasteiger partial charge in [0.05, 0.1) is 5.52 Å². The zero-order valence-electron chi connectivity index (χ0n) is 21.4. The normalized spacial score (nSPS) is 15.2. The SMILES string of the molecule is CCCc1c(OC2CCN(C(=O)OC(C)(C)C)CC2)ccc2nc(N)c3[nH]c(COCC)nc3c12. The molecule has 9 nitrogen and oxygen atoms in total. The van der Waals surface area contributed by atoms with E-state index in [0.717, 1.165) is 64.8 Å². The Kier molecular flexibility index (Phi) is 7.35. The molecule has 190 valence electrons. The molecule has 3 heterocycles. The van der Waals surface area contributed by atoms with Crippen LogP contribution in [0.3, 0.4) is 0 Å². The number of fused-ring (bicyclic) bond motifs is 3. The van der Waals surface area contributed by atoms with Crippen molar-refractivity contribution in [3.8, 4) is 5.75 Å². The van der Waals surface area contributed by atoms with E-state index in [-0.39, 0.29) is 12.2 Å². The molecule has 35 heavy (non-hydrogen) atoms. The van der Waals surface area contributed by atoms with E-state index < -0.39 is 5.60 Å². The number of nitrogens with two attached hydrogens (primary N) is 1. The smallest absolute Gasteiger partial charge is 0.410 e. The summed E-state index contributed by atoms with van der Waals surface area (Å²) in [5.74, 6) is 2.00. The lowest BCUT2D eigenvalue weighted by Crippen LogP contribution is -2.44. The molecule has 0 bridgehead atoms. The minimum atomic E-state index is -0.498. The first kappa shape index (κ1) is 25.0. The predicted molar refractivity (Wildman–Crippen MR) is 137 cm³/mol. The van der Waals surface area contributed by atoms with Crippen LogP contribution in [0.5, 0.6) is 5.75 Å². The van der Waals surface area contributed by atoms with E-state index in [2.05, 4.69) is 16.9 Å². The highest BCUT2D eigenvalue weighted by atomic mass is 16.6. The highest BCUT2D eigenvalue weighted by Crippen LogP contribution is 2.36. The van der Waals surface area contributed by atoms with Crippen LogP contribution < -0.4 is 10.5 Å². The molecule has 3 N–H and O–H groups in total. The highest BCUT2D eigenvalue weighted by Gasteiger charge is 2.28. The van der Waals surface area contributed by atoms with Gasteiger partial charge in [0.1, 0.15) is 46.7 Å². The minimum absolute atomic E-state index is 0.0201. The number of ether oxygens (including phenoxy) is 3. The zero-order chi connectivity index (χ0) is 25.2. The van der Waals surface area contributed by atoms with Gasteiger partial charge in [0.25, 0.3) is 0 Å². The molecule has 1 fully saturated rings. The van der Waals surface area contributed by atoms with Crippen molar-refractivity contribution in [2.75, 3.05) is 25.4 Å². The highest BCUT2D eigenvalue weighted by molar-refractivity contribution is 6.08. The number of hydrogen-bond acceptors (Lipinski definition) is 7. The van der Waals surface area contributed by atoms with Crippen molar-refractivity contribution in [2.45, 2.75) is 78.6 Å². The first-order chi connectivity index (χ1) is 16.7. The van der Waals surface area contributed by atoms with E-state index >= 15 is 0 Å². The van der Waals surface area contributed by atoms with Crippen LogP contribution in [0.1, 0.15) is 65.3 Å². The van der Waals surface area contributed by atoms with E-state index in [4.69, 9.17) is 24.9 Å². The lowest BCUT2D eigenvalue weighted by atomic mass is 10.0. The summed E-state index contributed by atoms with van der Waals surface area (Å²) in [6, 6.07) is 3.94. The first-order valence-electron chi connectivity index (χ1n) is 12.5. The molecule has 0 aliphatic carbocycles. The molecule has 9 heteroatoms. The van der Waals surface area contributed by atoms with Crippen LogP contribution in [-0.2, 0) is 22.5 Å². The van der Waals surface area contributed by atoms with Gasteiger partial charge in [-0.1, -0.05) is 13.3 Å². The van der Waals surface area contributed by atoms with Crippen molar-refractivity contribution in [3.05, 3.63) is 23.5 Å². The quantitative estimate of drug-likeness (QED) is 0.488. The van der Waals surface area contributed by atoms with Gasteiger partial charge in [0.2, 0.25) is 0 Å². The summed E-state index contributed by atoms with van der Waals surface area (Å²) in [4.78, 5) is 26.9. The van der Waals surface area contributed by atoms with Gasteiger partial charge in [-0.3, -0.25) is 0 Å². The number of aromatic nitrogens is 3. The van der Waals surface area contributed by atoms with Crippen molar-refractivity contribution >= 4 is 33.8 Å². The molecule has 0 radical (unpaired) electrons. The number of H-pyrrole nitrogens is 1. The number of carbonyl (C=O) groups is 1. The molecule has 2 aromatic heterocycles. The van der Waals surface area contributed by atoms with Gasteiger partial charge >= 0.3 is 6.09 Å². The molecule has 4 rings (SSSR count). The summed E-state index contributed by atoms with van der Waals surface area (Å²) in [5.41, 5.74) is 9.18. The number of nitrogens with zero attached hydrogens (tertiary/aromatic N) is 3. The predicted octanol–water partition coefficient (Wildman–Crippen LogP) is 4.96. The minimum Gasteiger partial charge on any atom is -0.490 e. The molecule has 1 aromatic carbocycles. The monoisotopic (exact) mass is 483 g/mol. The average molecular weight is 484 g/mol. The van der Waals surface area contributed by atoms with Crippen LogP contribution in [0.2, 0.25) is 0 Å². The Labute approximate surface area is 206 Å². The molecular weight excluding hydrogens is 446 g/mol. The van der Waals surface area contributed by atoms with Gasteiger partial charge in [-0.2, -0.15) is 0 Å². The van der Waals surface area contributed by atoms with Crippen molar-refractivity contribution < 1.29 is 19.0 Å². The van der Waals surface area contributed by atoms with Gasteiger partial charge in [-0.25, -0.2) is 14.8 Å². The number of rotatable bonds is 7. The lowest BCUT2D eigenvalue weighted by molar-refractivity contribution is 0.0126.